The summed E-state index contributed by atoms with van der Waals surface area (Å²) in [5.41, 5.74) is 1.68. The molecule has 2 nitrogen and oxygen atoms in total. The van der Waals surface area contributed by atoms with Crippen LogP contribution in [0.15, 0.2) is 18.2 Å². The lowest BCUT2D eigenvalue weighted by Gasteiger charge is -2.04. The van der Waals surface area contributed by atoms with Crippen molar-refractivity contribution in [3.63, 3.8) is 0 Å². The highest BCUT2D eigenvalue weighted by Crippen LogP contribution is 2.27. The third-order valence-corrected chi connectivity index (χ3v) is 3.45. The molecule has 0 unspecified atom stereocenters. The number of halogens is 1. The van der Waals surface area contributed by atoms with E-state index in [1.165, 1.54) is 37.8 Å². The molecular weight excluding hydrogens is 203 g/mol. The van der Waals surface area contributed by atoms with Crippen molar-refractivity contribution in [2.24, 2.45) is 5.92 Å². The molecule has 3 heteroatoms. The molecule has 0 amide bonds. The summed E-state index contributed by atoms with van der Waals surface area (Å²) in [6, 6.07) is 4.71. The number of fused-ring (bicyclic) bond motifs is 1. The maximum absolute atomic E-state index is 13.0. The van der Waals surface area contributed by atoms with Crippen molar-refractivity contribution in [1.82, 2.24) is 9.97 Å². The molecule has 16 heavy (non-hydrogen) atoms. The smallest absolute Gasteiger partial charge is 0.125 e. The molecule has 1 saturated carbocycles. The van der Waals surface area contributed by atoms with Crippen LogP contribution < -0.4 is 0 Å². The number of aromatic nitrogens is 2. The fraction of sp³-hybridized carbons (Fsp3) is 0.462. The van der Waals surface area contributed by atoms with E-state index in [-0.39, 0.29) is 5.82 Å². The van der Waals surface area contributed by atoms with Gasteiger partial charge in [0.2, 0.25) is 0 Å². The van der Waals surface area contributed by atoms with Crippen molar-refractivity contribution >= 4 is 11.0 Å². The molecule has 1 aliphatic carbocycles. The first-order valence-electron chi connectivity index (χ1n) is 5.95. The van der Waals surface area contributed by atoms with Gasteiger partial charge in [-0.25, -0.2) is 9.37 Å². The van der Waals surface area contributed by atoms with Crippen LogP contribution in [0.5, 0.6) is 0 Å². The van der Waals surface area contributed by atoms with Gasteiger partial charge in [0.05, 0.1) is 11.0 Å². The molecule has 0 atom stereocenters. The van der Waals surface area contributed by atoms with Crippen molar-refractivity contribution in [3.8, 4) is 0 Å². The number of H-pyrrole nitrogens is 1. The molecule has 0 aliphatic heterocycles. The van der Waals surface area contributed by atoms with Crippen molar-refractivity contribution in [3.05, 3.63) is 29.8 Å². The summed E-state index contributed by atoms with van der Waals surface area (Å²) in [6.07, 6.45) is 6.33. The average molecular weight is 218 g/mol. The zero-order valence-electron chi connectivity index (χ0n) is 9.17. The number of nitrogens with zero attached hydrogens (tertiary/aromatic N) is 1. The lowest BCUT2D eigenvalue weighted by Crippen LogP contribution is -2.00. The first kappa shape index (κ1) is 9.82. The predicted octanol–water partition coefficient (Wildman–Crippen LogP) is 3.43. The molecule has 0 radical (unpaired) electrons. The summed E-state index contributed by atoms with van der Waals surface area (Å²) in [5.74, 6) is 1.57. The van der Waals surface area contributed by atoms with Crippen molar-refractivity contribution in [2.45, 2.75) is 32.1 Å². The summed E-state index contributed by atoms with van der Waals surface area (Å²) in [5, 5.41) is 0. The highest BCUT2D eigenvalue weighted by atomic mass is 19.1. The van der Waals surface area contributed by atoms with E-state index >= 15 is 0 Å². The Morgan fingerprint density at radius 1 is 1.31 bits per heavy atom. The quantitative estimate of drug-likeness (QED) is 0.821. The second kappa shape index (κ2) is 3.89. The second-order valence-corrected chi connectivity index (χ2v) is 4.70. The summed E-state index contributed by atoms with van der Waals surface area (Å²) in [4.78, 5) is 7.71. The number of hydrogen-bond donors (Lipinski definition) is 1. The molecule has 2 aromatic rings. The fourth-order valence-electron chi connectivity index (χ4n) is 2.62. The Bertz CT molecular complexity index is 498. The van der Waals surface area contributed by atoms with Gasteiger partial charge in [0.25, 0.3) is 0 Å². The maximum atomic E-state index is 13.0. The molecule has 1 aromatic carbocycles. The molecule has 0 saturated heterocycles. The maximum Gasteiger partial charge on any atom is 0.125 e. The topological polar surface area (TPSA) is 28.7 Å². The highest BCUT2D eigenvalue weighted by Gasteiger charge is 2.17. The molecule has 1 N–H and O–H groups in total. The van der Waals surface area contributed by atoms with Gasteiger partial charge in [0.15, 0.2) is 0 Å². The van der Waals surface area contributed by atoms with Crippen LogP contribution in [-0.4, -0.2) is 9.97 Å². The molecule has 1 aromatic heterocycles. The van der Waals surface area contributed by atoms with Crippen molar-refractivity contribution < 1.29 is 4.39 Å². The zero-order valence-corrected chi connectivity index (χ0v) is 9.17. The van der Waals surface area contributed by atoms with Crippen LogP contribution in [0.4, 0.5) is 4.39 Å². The molecule has 3 rings (SSSR count). The molecule has 84 valence electrons. The van der Waals surface area contributed by atoms with E-state index in [0.717, 1.165) is 29.2 Å². The van der Waals surface area contributed by atoms with Crippen LogP contribution in [-0.2, 0) is 6.42 Å². The van der Waals surface area contributed by atoms with E-state index in [4.69, 9.17) is 0 Å². The summed E-state index contributed by atoms with van der Waals surface area (Å²) >= 11 is 0. The van der Waals surface area contributed by atoms with Crippen LogP contribution in [0.2, 0.25) is 0 Å². The lowest BCUT2D eigenvalue weighted by atomic mass is 10.0. The normalized spacial score (nSPS) is 17.3. The van der Waals surface area contributed by atoms with Gasteiger partial charge in [-0.3, -0.25) is 0 Å². The van der Waals surface area contributed by atoms with Crippen molar-refractivity contribution in [2.75, 3.05) is 0 Å². The molecule has 1 heterocycles. The number of hydrogen-bond acceptors (Lipinski definition) is 1. The minimum Gasteiger partial charge on any atom is -0.342 e. The number of rotatable bonds is 2. The number of nitrogens with one attached hydrogen (secondary N) is 1. The third-order valence-electron chi connectivity index (χ3n) is 3.45. The standard InChI is InChI=1S/C13H15FN2/c14-10-5-6-11-12(8-10)16-13(15-11)7-9-3-1-2-4-9/h5-6,8-9H,1-4,7H2,(H,15,16). The number of imidazole rings is 1. The highest BCUT2D eigenvalue weighted by molar-refractivity contribution is 5.74. The van der Waals surface area contributed by atoms with Crippen LogP contribution in [0.3, 0.4) is 0 Å². The van der Waals surface area contributed by atoms with Gasteiger partial charge in [-0.05, 0) is 24.1 Å². The van der Waals surface area contributed by atoms with E-state index < -0.39 is 0 Å². The zero-order chi connectivity index (χ0) is 11.0. The molecule has 0 spiro atoms. The monoisotopic (exact) mass is 218 g/mol. The van der Waals surface area contributed by atoms with Gasteiger partial charge in [0, 0.05) is 6.42 Å². The minimum absolute atomic E-state index is 0.205. The number of benzene rings is 1. The van der Waals surface area contributed by atoms with Gasteiger partial charge in [0.1, 0.15) is 11.6 Å². The Kier molecular flexibility index (Phi) is 2.39. The van der Waals surface area contributed by atoms with Crippen LogP contribution in [0.1, 0.15) is 31.5 Å². The summed E-state index contributed by atoms with van der Waals surface area (Å²) in [6.45, 7) is 0. The van der Waals surface area contributed by atoms with E-state index in [1.54, 1.807) is 6.07 Å². The summed E-state index contributed by atoms with van der Waals surface area (Å²) in [7, 11) is 0. The minimum atomic E-state index is -0.205. The van der Waals surface area contributed by atoms with E-state index in [1.807, 2.05) is 0 Å². The Morgan fingerprint density at radius 3 is 2.94 bits per heavy atom. The Balaban J connectivity index is 1.86. The average Bonchev–Trinajstić information content (AvgIpc) is 2.86. The van der Waals surface area contributed by atoms with E-state index in [9.17, 15) is 4.39 Å². The molecule has 0 bridgehead atoms. The van der Waals surface area contributed by atoms with Gasteiger partial charge in [-0.15, -0.1) is 0 Å². The lowest BCUT2D eigenvalue weighted by molar-refractivity contribution is 0.534. The largest absolute Gasteiger partial charge is 0.342 e. The predicted molar refractivity (Wildman–Crippen MR) is 61.7 cm³/mol. The van der Waals surface area contributed by atoms with Crippen molar-refractivity contribution in [1.29, 1.82) is 0 Å². The third kappa shape index (κ3) is 1.82. The molecule has 1 aliphatic rings. The van der Waals surface area contributed by atoms with Gasteiger partial charge in [-0.1, -0.05) is 25.7 Å². The van der Waals surface area contributed by atoms with Crippen LogP contribution in [0.25, 0.3) is 11.0 Å². The summed E-state index contributed by atoms with van der Waals surface area (Å²) < 4.78 is 13.0. The molecule has 1 fully saturated rings. The first-order valence-corrected chi connectivity index (χ1v) is 5.95. The Labute approximate surface area is 93.9 Å². The van der Waals surface area contributed by atoms with Crippen LogP contribution in [0, 0.1) is 11.7 Å². The van der Waals surface area contributed by atoms with Gasteiger partial charge in [-0.2, -0.15) is 0 Å². The Hall–Kier alpha value is -1.38. The first-order chi connectivity index (χ1) is 7.81. The molecular formula is C13H15FN2. The van der Waals surface area contributed by atoms with E-state index in [2.05, 4.69) is 9.97 Å². The SMILES string of the molecule is Fc1ccc2nc(CC3CCCC3)[nH]c2c1. The van der Waals surface area contributed by atoms with E-state index in [0.29, 0.717) is 0 Å². The fourth-order valence-corrected chi connectivity index (χ4v) is 2.62. The van der Waals surface area contributed by atoms with Crippen LogP contribution >= 0.6 is 0 Å². The number of aromatic amines is 1. The van der Waals surface area contributed by atoms with Gasteiger partial charge >= 0.3 is 0 Å². The Morgan fingerprint density at radius 2 is 2.12 bits per heavy atom. The second-order valence-electron chi connectivity index (χ2n) is 4.70. The van der Waals surface area contributed by atoms with Gasteiger partial charge < -0.3 is 4.98 Å².